The van der Waals surface area contributed by atoms with Gasteiger partial charge in [-0.2, -0.15) is 13.2 Å². The predicted octanol–water partition coefficient (Wildman–Crippen LogP) is 4.32. The van der Waals surface area contributed by atoms with Crippen molar-refractivity contribution in [2.45, 2.75) is 36.9 Å². The first-order chi connectivity index (χ1) is 19.6. The molecular formula is C30H26ClF3N2O5. The number of alkyl halides is 3. The molecule has 2 aliphatic rings. The molecule has 11 heteroatoms. The summed E-state index contributed by atoms with van der Waals surface area (Å²) in [5.41, 5.74) is 0.637. The Kier molecular flexibility index (Phi) is 8.08. The van der Waals surface area contributed by atoms with Crippen molar-refractivity contribution >= 4 is 23.4 Å². The number of rotatable bonds is 7. The average molecular weight is 587 g/mol. The summed E-state index contributed by atoms with van der Waals surface area (Å²) in [6, 6.07) is 16.4. The van der Waals surface area contributed by atoms with Crippen LogP contribution >= 0.6 is 11.6 Å². The molecule has 0 saturated carbocycles. The van der Waals surface area contributed by atoms with Crippen LogP contribution in [0.15, 0.2) is 84.4 Å². The van der Waals surface area contributed by atoms with Gasteiger partial charge in [-0.15, -0.1) is 0 Å². The first-order valence-electron chi connectivity index (χ1n) is 12.9. The van der Waals surface area contributed by atoms with Crippen LogP contribution in [0.3, 0.4) is 0 Å². The van der Waals surface area contributed by atoms with Gasteiger partial charge in [0.1, 0.15) is 18.0 Å². The quantitative estimate of drug-likeness (QED) is 0.383. The van der Waals surface area contributed by atoms with Crippen LogP contribution in [0.1, 0.15) is 33.0 Å². The van der Waals surface area contributed by atoms with E-state index < -0.39 is 47.7 Å². The number of amides is 2. The summed E-state index contributed by atoms with van der Waals surface area (Å²) in [5.74, 6) is -1.31. The van der Waals surface area contributed by atoms with E-state index in [0.29, 0.717) is 21.9 Å². The summed E-state index contributed by atoms with van der Waals surface area (Å²) in [5, 5.41) is 24.0. The standard InChI is InChI=1S/C30H26ClF3N2O5/c31-20-11-5-17(6-12-20)16-36(29(40)18-7-9-19(10-8-18)30(32,33)34)23-15-22(28(39)35-13-14-37)25-21-3-1-2-4-24(21)41-27(25)26(23)38/h1-12,15,23,25-27,37-38H,13-14,16H2,(H,35,39). The van der Waals surface area contributed by atoms with Gasteiger partial charge in [0, 0.05) is 34.8 Å². The molecule has 5 rings (SSSR count). The molecule has 2 amide bonds. The second-order valence-corrected chi connectivity index (χ2v) is 10.3. The van der Waals surface area contributed by atoms with Crippen molar-refractivity contribution in [3.63, 3.8) is 0 Å². The molecule has 4 atom stereocenters. The monoisotopic (exact) mass is 586 g/mol. The maximum absolute atomic E-state index is 13.9. The Labute approximate surface area is 238 Å². The van der Waals surface area contributed by atoms with Crippen LogP contribution in [0.5, 0.6) is 5.75 Å². The number of nitrogens with one attached hydrogen (secondary N) is 1. The van der Waals surface area contributed by atoms with Gasteiger partial charge in [0.2, 0.25) is 5.91 Å². The third kappa shape index (κ3) is 5.81. The molecule has 0 spiro atoms. The predicted molar refractivity (Wildman–Crippen MR) is 144 cm³/mol. The van der Waals surface area contributed by atoms with E-state index in [1.165, 1.54) is 11.0 Å². The Morgan fingerprint density at radius 3 is 2.34 bits per heavy atom. The maximum Gasteiger partial charge on any atom is 0.416 e. The van der Waals surface area contributed by atoms with Crippen LogP contribution in [0, 0.1) is 0 Å². The third-order valence-electron chi connectivity index (χ3n) is 7.22. The highest BCUT2D eigenvalue weighted by Gasteiger charge is 2.50. The second kappa shape index (κ2) is 11.6. The lowest BCUT2D eigenvalue weighted by atomic mass is 9.77. The van der Waals surface area contributed by atoms with E-state index in [-0.39, 0.29) is 30.8 Å². The zero-order valence-electron chi connectivity index (χ0n) is 21.5. The molecule has 4 unspecified atom stereocenters. The van der Waals surface area contributed by atoms with Crippen molar-refractivity contribution in [1.82, 2.24) is 10.2 Å². The van der Waals surface area contributed by atoms with E-state index in [1.54, 1.807) is 48.5 Å². The summed E-state index contributed by atoms with van der Waals surface area (Å²) in [6.07, 6.45) is -5.30. The fourth-order valence-corrected chi connectivity index (χ4v) is 5.38. The van der Waals surface area contributed by atoms with Crippen molar-refractivity contribution < 1.29 is 37.7 Å². The zero-order valence-corrected chi connectivity index (χ0v) is 22.3. The first-order valence-corrected chi connectivity index (χ1v) is 13.2. The van der Waals surface area contributed by atoms with Gasteiger partial charge in [-0.25, -0.2) is 0 Å². The fourth-order valence-electron chi connectivity index (χ4n) is 5.26. The summed E-state index contributed by atoms with van der Waals surface area (Å²) in [4.78, 5) is 28.5. The normalized spacial score (nSPS) is 21.3. The second-order valence-electron chi connectivity index (χ2n) is 9.82. The highest BCUT2D eigenvalue weighted by atomic mass is 35.5. The lowest BCUT2D eigenvalue weighted by Gasteiger charge is -2.40. The molecule has 41 heavy (non-hydrogen) atoms. The number of carbonyl (C=O) groups is 2. The van der Waals surface area contributed by atoms with E-state index in [0.717, 1.165) is 24.3 Å². The fraction of sp³-hybridized carbons (Fsp3) is 0.267. The molecule has 1 aliphatic carbocycles. The SMILES string of the molecule is O=C(NCCO)C1=CC(N(Cc2ccc(Cl)cc2)C(=O)c2ccc(C(F)(F)F)cc2)C(O)C2Oc3ccccc3C12. The highest BCUT2D eigenvalue weighted by Crippen LogP contribution is 2.47. The number of carbonyl (C=O) groups excluding carboxylic acids is 2. The Morgan fingerprint density at radius 2 is 1.68 bits per heavy atom. The van der Waals surface area contributed by atoms with Crippen molar-refractivity contribution in [2.24, 2.45) is 0 Å². The van der Waals surface area contributed by atoms with Gasteiger partial charge in [-0.05, 0) is 54.1 Å². The number of hydrogen-bond acceptors (Lipinski definition) is 5. The molecule has 0 aromatic heterocycles. The molecule has 0 fully saturated rings. The Morgan fingerprint density at radius 1 is 1.00 bits per heavy atom. The molecule has 3 aromatic carbocycles. The molecule has 0 bridgehead atoms. The van der Waals surface area contributed by atoms with E-state index in [9.17, 15) is 33.0 Å². The van der Waals surface area contributed by atoms with Crippen molar-refractivity contribution in [3.8, 4) is 5.75 Å². The molecule has 3 aromatic rings. The number of nitrogens with zero attached hydrogens (tertiary/aromatic N) is 1. The minimum Gasteiger partial charge on any atom is -0.486 e. The van der Waals surface area contributed by atoms with Gasteiger partial charge in [-0.3, -0.25) is 9.59 Å². The number of aliphatic hydroxyl groups excluding tert-OH is 2. The number of benzene rings is 3. The summed E-state index contributed by atoms with van der Waals surface area (Å²) >= 11 is 6.03. The smallest absolute Gasteiger partial charge is 0.416 e. The van der Waals surface area contributed by atoms with Gasteiger partial charge in [0.25, 0.3) is 5.91 Å². The number of hydrogen-bond donors (Lipinski definition) is 3. The number of ether oxygens (including phenoxy) is 1. The van der Waals surface area contributed by atoms with Crippen LogP contribution in [-0.4, -0.2) is 58.3 Å². The van der Waals surface area contributed by atoms with Gasteiger partial charge < -0.3 is 25.2 Å². The minimum atomic E-state index is -4.58. The van der Waals surface area contributed by atoms with Crippen LogP contribution in [-0.2, 0) is 17.5 Å². The highest BCUT2D eigenvalue weighted by molar-refractivity contribution is 6.30. The minimum absolute atomic E-state index is 0.0116. The van der Waals surface area contributed by atoms with Crippen LogP contribution in [0.2, 0.25) is 5.02 Å². The number of halogens is 4. The molecule has 0 radical (unpaired) electrons. The molecule has 1 aliphatic heterocycles. The Bertz CT molecular complexity index is 1460. The van der Waals surface area contributed by atoms with Crippen molar-refractivity contribution in [2.75, 3.05) is 13.2 Å². The molecule has 0 saturated heterocycles. The van der Waals surface area contributed by atoms with Gasteiger partial charge in [0.05, 0.1) is 24.1 Å². The average Bonchev–Trinajstić information content (AvgIpc) is 3.36. The first kappa shape index (κ1) is 28.7. The van der Waals surface area contributed by atoms with E-state index in [2.05, 4.69) is 5.32 Å². The Balaban J connectivity index is 1.58. The summed E-state index contributed by atoms with van der Waals surface area (Å²) in [7, 11) is 0. The van der Waals surface area contributed by atoms with Crippen molar-refractivity contribution in [1.29, 1.82) is 0 Å². The molecule has 7 nitrogen and oxygen atoms in total. The Hall–Kier alpha value is -3.86. The molecule has 214 valence electrons. The van der Waals surface area contributed by atoms with E-state index >= 15 is 0 Å². The summed E-state index contributed by atoms with van der Waals surface area (Å²) < 4.78 is 45.6. The van der Waals surface area contributed by atoms with Crippen LogP contribution < -0.4 is 10.1 Å². The topological polar surface area (TPSA) is 99.1 Å². The van der Waals surface area contributed by atoms with Gasteiger partial charge in [-0.1, -0.05) is 41.9 Å². The zero-order chi connectivity index (χ0) is 29.3. The van der Waals surface area contributed by atoms with Crippen molar-refractivity contribution in [3.05, 3.63) is 112 Å². The third-order valence-corrected chi connectivity index (χ3v) is 7.48. The van der Waals surface area contributed by atoms with Gasteiger partial charge >= 0.3 is 6.18 Å². The van der Waals surface area contributed by atoms with Crippen LogP contribution in [0.4, 0.5) is 13.2 Å². The lowest BCUT2D eigenvalue weighted by molar-refractivity contribution is -0.137. The summed E-state index contributed by atoms with van der Waals surface area (Å²) in [6.45, 7) is -0.352. The number of para-hydroxylation sites is 1. The van der Waals surface area contributed by atoms with E-state index in [1.807, 2.05) is 0 Å². The van der Waals surface area contributed by atoms with Crippen LogP contribution in [0.25, 0.3) is 0 Å². The number of fused-ring (bicyclic) bond motifs is 3. The molecule has 3 N–H and O–H groups in total. The lowest BCUT2D eigenvalue weighted by Crippen LogP contribution is -2.55. The van der Waals surface area contributed by atoms with E-state index in [4.69, 9.17) is 16.3 Å². The van der Waals surface area contributed by atoms with Gasteiger partial charge in [0.15, 0.2) is 0 Å². The molecule has 1 heterocycles. The largest absolute Gasteiger partial charge is 0.486 e. The number of aliphatic hydroxyl groups is 2. The maximum atomic E-state index is 13.9. The molecular weight excluding hydrogens is 561 g/mol.